The van der Waals surface area contributed by atoms with Gasteiger partial charge in [-0.15, -0.1) is 12.4 Å². The summed E-state index contributed by atoms with van der Waals surface area (Å²) >= 11 is 0. The predicted octanol–water partition coefficient (Wildman–Crippen LogP) is 2.66. The Labute approximate surface area is 157 Å². The first kappa shape index (κ1) is 21.9. The minimum atomic E-state index is -0.888. The average Bonchev–Trinajstić information content (AvgIpc) is 2.55. The lowest BCUT2D eigenvalue weighted by Crippen LogP contribution is -2.76. The molecule has 0 aromatic heterocycles. The van der Waals surface area contributed by atoms with Crippen molar-refractivity contribution >= 4 is 18.3 Å². The van der Waals surface area contributed by atoms with Crippen molar-refractivity contribution in [2.75, 3.05) is 13.2 Å². The van der Waals surface area contributed by atoms with Gasteiger partial charge in [0.15, 0.2) is 0 Å². The summed E-state index contributed by atoms with van der Waals surface area (Å²) in [6.45, 7) is 9.49. The molecule has 1 fully saturated rings. The number of halogens is 1. The van der Waals surface area contributed by atoms with Gasteiger partial charge in [-0.05, 0) is 19.4 Å². The molecule has 0 spiro atoms. The van der Waals surface area contributed by atoms with E-state index in [0.29, 0.717) is 26.2 Å². The van der Waals surface area contributed by atoms with Crippen molar-refractivity contribution in [3.05, 3.63) is 35.9 Å². The maximum Gasteiger partial charge on any atom is 0.241 e. The summed E-state index contributed by atoms with van der Waals surface area (Å²) < 4.78 is 11.4. The van der Waals surface area contributed by atoms with Crippen LogP contribution in [0.3, 0.4) is 0 Å². The van der Waals surface area contributed by atoms with Crippen molar-refractivity contribution in [3.63, 3.8) is 0 Å². The summed E-state index contributed by atoms with van der Waals surface area (Å²) in [4.78, 5) is 12.6. The molecule has 25 heavy (non-hydrogen) atoms. The topological polar surface area (TPSA) is 73.6 Å². The van der Waals surface area contributed by atoms with Gasteiger partial charge in [-0.3, -0.25) is 4.79 Å². The van der Waals surface area contributed by atoms with Crippen LogP contribution in [0.2, 0.25) is 0 Å². The largest absolute Gasteiger partial charge is 0.378 e. The van der Waals surface area contributed by atoms with Crippen LogP contribution < -0.4 is 11.1 Å². The fourth-order valence-electron chi connectivity index (χ4n) is 3.14. The highest BCUT2D eigenvalue weighted by atomic mass is 35.5. The zero-order valence-corrected chi connectivity index (χ0v) is 16.4. The highest BCUT2D eigenvalue weighted by Gasteiger charge is 2.62. The minimum absolute atomic E-state index is 0. The van der Waals surface area contributed by atoms with E-state index in [1.54, 1.807) is 0 Å². The molecular formula is C19H31ClN2O3. The van der Waals surface area contributed by atoms with Crippen LogP contribution in [0.15, 0.2) is 30.3 Å². The molecular weight excluding hydrogens is 340 g/mol. The summed E-state index contributed by atoms with van der Waals surface area (Å²) in [6.07, 6.45) is 0.583. The van der Waals surface area contributed by atoms with Crippen LogP contribution in [-0.2, 0) is 20.9 Å². The molecule has 0 saturated heterocycles. The number of carbonyl (C=O) groups is 1. The van der Waals surface area contributed by atoms with Gasteiger partial charge < -0.3 is 20.5 Å². The molecule has 1 aromatic rings. The van der Waals surface area contributed by atoms with Gasteiger partial charge in [-0.1, -0.05) is 44.2 Å². The summed E-state index contributed by atoms with van der Waals surface area (Å²) in [7, 11) is 0. The molecule has 0 heterocycles. The van der Waals surface area contributed by atoms with E-state index in [0.717, 1.165) is 5.56 Å². The normalized spacial score (nSPS) is 25.4. The van der Waals surface area contributed by atoms with Crippen molar-refractivity contribution in [2.24, 2.45) is 11.1 Å². The monoisotopic (exact) mass is 370 g/mol. The summed E-state index contributed by atoms with van der Waals surface area (Å²) in [5.74, 6) is -0.126. The van der Waals surface area contributed by atoms with Gasteiger partial charge in [0, 0.05) is 24.5 Å². The van der Waals surface area contributed by atoms with E-state index in [9.17, 15) is 4.79 Å². The van der Waals surface area contributed by atoms with E-state index in [4.69, 9.17) is 15.2 Å². The lowest BCUT2D eigenvalue weighted by Gasteiger charge is -2.57. The molecule has 3 atom stereocenters. The smallest absolute Gasteiger partial charge is 0.241 e. The Bertz CT molecular complexity index is 553. The van der Waals surface area contributed by atoms with Crippen molar-refractivity contribution in [2.45, 2.75) is 58.4 Å². The van der Waals surface area contributed by atoms with Gasteiger partial charge in [-0.2, -0.15) is 0 Å². The van der Waals surface area contributed by atoms with Crippen LogP contribution >= 0.6 is 12.4 Å². The molecule has 142 valence electrons. The standard InChI is InChI=1S/C19H30N2O3.ClH/c1-5-24-16-11-19(20,18(16,3)4)17(22)21-14(2)12-23-13-15-9-7-6-8-10-15;/h6-10,14,16H,5,11-13,20H2,1-4H3,(H,21,22);1H. The van der Waals surface area contributed by atoms with Crippen LogP contribution in [0.5, 0.6) is 0 Å². The zero-order valence-electron chi connectivity index (χ0n) is 15.6. The number of benzene rings is 1. The molecule has 1 aliphatic carbocycles. The molecule has 1 amide bonds. The van der Waals surface area contributed by atoms with Crippen molar-refractivity contribution in [1.82, 2.24) is 5.32 Å². The van der Waals surface area contributed by atoms with Crippen LogP contribution in [0.4, 0.5) is 0 Å². The third kappa shape index (κ3) is 4.73. The molecule has 0 bridgehead atoms. The van der Waals surface area contributed by atoms with Crippen LogP contribution in [0.1, 0.15) is 39.7 Å². The number of carbonyl (C=O) groups excluding carboxylic acids is 1. The molecule has 0 radical (unpaired) electrons. The maximum atomic E-state index is 12.6. The third-order valence-corrected chi connectivity index (χ3v) is 5.09. The number of amides is 1. The predicted molar refractivity (Wildman–Crippen MR) is 102 cm³/mol. The molecule has 1 aromatic carbocycles. The number of ether oxygens (including phenoxy) is 2. The second-order valence-corrected chi connectivity index (χ2v) is 7.22. The Kier molecular flexibility index (Phi) is 7.88. The number of hydrogen-bond acceptors (Lipinski definition) is 4. The first-order chi connectivity index (χ1) is 11.3. The lowest BCUT2D eigenvalue weighted by atomic mass is 9.54. The maximum absolute atomic E-state index is 12.6. The van der Waals surface area contributed by atoms with E-state index < -0.39 is 5.54 Å². The fourth-order valence-corrected chi connectivity index (χ4v) is 3.14. The van der Waals surface area contributed by atoms with Crippen LogP contribution in [-0.4, -0.2) is 36.8 Å². The Hall–Kier alpha value is -1.14. The summed E-state index contributed by atoms with van der Waals surface area (Å²) in [5.41, 5.74) is 6.23. The van der Waals surface area contributed by atoms with Crippen molar-refractivity contribution < 1.29 is 14.3 Å². The molecule has 3 unspecified atom stereocenters. The minimum Gasteiger partial charge on any atom is -0.378 e. The van der Waals surface area contributed by atoms with E-state index in [1.807, 2.05) is 58.0 Å². The Morgan fingerprint density at radius 3 is 2.56 bits per heavy atom. The summed E-state index contributed by atoms with van der Waals surface area (Å²) in [5, 5.41) is 2.98. The lowest BCUT2D eigenvalue weighted by molar-refractivity contribution is -0.171. The fraction of sp³-hybridized carbons (Fsp3) is 0.632. The van der Waals surface area contributed by atoms with Gasteiger partial charge in [-0.25, -0.2) is 0 Å². The van der Waals surface area contributed by atoms with Gasteiger partial charge >= 0.3 is 0 Å². The molecule has 6 heteroatoms. The van der Waals surface area contributed by atoms with Crippen LogP contribution in [0.25, 0.3) is 0 Å². The van der Waals surface area contributed by atoms with E-state index >= 15 is 0 Å². The first-order valence-corrected chi connectivity index (χ1v) is 8.64. The Morgan fingerprint density at radius 1 is 1.36 bits per heavy atom. The first-order valence-electron chi connectivity index (χ1n) is 8.64. The third-order valence-electron chi connectivity index (χ3n) is 5.09. The van der Waals surface area contributed by atoms with Crippen LogP contribution in [0, 0.1) is 5.41 Å². The molecule has 3 N–H and O–H groups in total. The SMILES string of the molecule is CCOC1CC(N)(C(=O)NC(C)COCc2ccccc2)C1(C)C.Cl. The van der Waals surface area contributed by atoms with Gasteiger partial charge in [0.2, 0.25) is 5.91 Å². The van der Waals surface area contributed by atoms with Crippen molar-refractivity contribution in [3.8, 4) is 0 Å². The van der Waals surface area contributed by atoms with Crippen molar-refractivity contribution in [1.29, 1.82) is 0 Å². The van der Waals surface area contributed by atoms with E-state index in [1.165, 1.54) is 0 Å². The molecule has 5 nitrogen and oxygen atoms in total. The van der Waals surface area contributed by atoms with Gasteiger partial charge in [0.1, 0.15) is 5.54 Å². The average molecular weight is 371 g/mol. The summed E-state index contributed by atoms with van der Waals surface area (Å²) in [6, 6.07) is 9.88. The zero-order chi connectivity index (χ0) is 17.8. The second kappa shape index (κ2) is 8.99. The Morgan fingerprint density at radius 2 is 2.00 bits per heavy atom. The molecule has 1 saturated carbocycles. The highest BCUT2D eigenvalue weighted by Crippen LogP contribution is 2.49. The van der Waals surface area contributed by atoms with E-state index in [2.05, 4.69) is 5.32 Å². The quantitative estimate of drug-likeness (QED) is 0.737. The molecule has 1 aliphatic rings. The second-order valence-electron chi connectivity index (χ2n) is 7.22. The van der Waals surface area contributed by atoms with E-state index in [-0.39, 0.29) is 35.9 Å². The Balaban J connectivity index is 0.00000312. The number of nitrogens with two attached hydrogens (primary N) is 1. The molecule has 2 rings (SSSR count). The van der Waals surface area contributed by atoms with Gasteiger partial charge in [0.05, 0.1) is 19.3 Å². The number of hydrogen-bond donors (Lipinski definition) is 2. The number of nitrogens with one attached hydrogen (secondary N) is 1. The molecule has 0 aliphatic heterocycles. The highest BCUT2D eigenvalue weighted by molar-refractivity contribution is 5.89. The van der Waals surface area contributed by atoms with Gasteiger partial charge in [0.25, 0.3) is 0 Å². The number of rotatable bonds is 8.